The van der Waals surface area contributed by atoms with Gasteiger partial charge in [-0.25, -0.2) is 0 Å². The second-order valence-corrected chi connectivity index (χ2v) is 5.07. The lowest BCUT2D eigenvalue weighted by molar-refractivity contribution is 1.04. The van der Waals surface area contributed by atoms with Crippen LogP contribution >= 0.6 is 23.6 Å². The van der Waals surface area contributed by atoms with E-state index in [4.69, 9.17) is 12.2 Å². The molecule has 0 radical (unpaired) electrons. The average molecular weight is 223 g/mol. The van der Waals surface area contributed by atoms with E-state index in [9.17, 15) is 0 Å². The summed E-state index contributed by atoms with van der Waals surface area (Å²) in [5, 5.41) is 1.80. The number of aryl methyl sites for hydroxylation is 3. The highest BCUT2D eigenvalue weighted by molar-refractivity contribution is 7.79. The Bertz CT molecular complexity index is 517. The summed E-state index contributed by atoms with van der Waals surface area (Å²) in [5.41, 5.74) is 5.19. The second kappa shape index (κ2) is 3.17. The van der Waals surface area contributed by atoms with E-state index < -0.39 is 0 Å². The van der Waals surface area contributed by atoms with Crippen LogP contribution in [0, 0.1) is 27.7 Å². The molecule has 0 aliphatic rings. The zero-order valence-corrected chi connectivity index (χ0v) is 10.5. The van der Waals surface area contributed by atoms with E-state index >= 15 is 0 Å². The molecule has 0 unspecified atom stereocenters. The Labute approximate surface area is 93.4 Å². The summed E-state index contributed by atoms with van der Waals surface area (Å²) in [6.07, 6.45) is 0. The van der Waals surface area contributed by atoms with E-state index in [0.29, 0.717) is 0 Å². The Balaban J connectivity index is 3.00. The van der Waals surface area contributed by atoms with Gasteiger partial charge in [0.15, 0.2) is 0 Å². The molecule has 0 saturated heterocycles. The van der Waals surface area contributed by atoms with Crippen LogP contribution in [0.2, 0.25) is 0 Å². The molecule has 0 amide bonds. The van der Waals surface area contributed by atoms with Crippen LogP contribution < -0.4 is 0 Å². The highest BCUT2D eigenvalue weighted by atomic mass is 32.1. The molecule has 3 heteroatoms. The molecular formula is C11H13NS2. The first-order chi connectivity index (χ1) is 6.57. The van der Waals surface area contributed by atoms with Gasteiger partial charge < -0.3 is 4.40 Å². The van der Waals surface area contributed by atoms with Gasteiger partial charge in [-0.1, -0.05) is 12.2 Å². The number of aromatic nitrogens is 1. The van der Waals surface area contributed by atoms with E-state index in [1.807, 2.05) is 11.3 Å². The van der Waals surface area contributed by atoms with Gasteiger partial charge in [-0.05, 0) is 33.3 Å². The van der Waals surface area contributed by atoms with Crippen LogP contribution in [0.5, 0.6) is 0 Å². The van der Waals surface area contributed by atoms with Crippen LogP contribution in [-0.4, -0.2) is 9.77 Å². The SMILES string of the molecule is Cc1sc2c(C=S)c(C)c(C)n2c1C. The van der Waals surface area contributed by atoms with Gasteiger partial charge in [0, 0.05) is 27.2 Å². The Kier molecular flexibility index (Phi) is 2.24. The summed E-state index contributed by atoms with van der Waals surface area (Å²) < 4.78 is 2.31. The number of fused-ring (bicyclic) bond motifs is 1. The molecule has 0 fully saturated rings. The van der Waals surface area contributed by atoms with Crippen LogP contribution in [0.4, 0.5) is 0 Å². The van der Waals surface area contributed by atoms with Crippen LogP contribution in [0.15, 0.2) is 0 Å². The standard InChI is InChI=1S/C11H13NS2/c1-6-7(2)12-8(3)9(4)14-11(12)10(6)5-13/h5H,1-4H3. The quantitative estimate of drug-likeness (QED) is 0.669. The van der Waals surface area contributed by atoms with Gasteiger partial charge in [0.2, 0.25) is 0 Å². The zero-order valence-electron chi connectivity index (χ0n) is 8.84. The van der Waals surface area contributed by atoms with E-state index in [1.54, 1.807) is 5.37 Å². The first-order valence-electron chi connectivity index (χ1n) is 4.60. The minimum Gasteiger partial charge on any atom is -0.308 e. The summed E-state index contributed by atoms with van der Waals surface area (Å²) in [6, 6.07) is 0. The Hall–Kier alpha value is -0.670. The molecule has 14 heavy (non-hydrogen) atoms. The van der Waals surface area contributed by atoms with Gasteiger partial charge in [-0.15, -0.1) is 11.3 Å². The van der Waals surface area contributed by atoms with Gasteiger partial charge in [0.05, 0.1) is 0 Å². The molecule has 0 aromatic carbocycles. The van der Waals surface area contributed by atoms with E-state index in [1.165, 1.54) is 32.2 Å². The first kappa shape index (κ1) is 9.87. The fourth-order valence-corrected chi connectivity index (χ4v) is 3.39. The first-order valence-corrected chi connectivity index (χ1v) is 5.89. The number of thiocarbonyl (C=S) groups is 1. The number of hydrogen-bond donors (Lipinski definition) is 0. The largest absolute Gasteiger partial charge is 0.308 e. The fourth-order valence-electron chi connectivity index (χ4n) is 1.82. The summed E-state index contributed by atoms with van der Waals surface area (Å²) in [6.45, 7) is 8.62. The predicted octanol–water partition coefficient (Wildman–Crippen LogP) is 3.58. The van der Waals surface area contributed by atoms with Gasteiger partial charge in [-0.3, -0.25) is 0 Å². The molecule has 0 spiro atoms. The van der Waals surface area contributed by atoms with Crippen molar-refractivity contribution in [3.8, 4) is 0 Å². The van der Waals surface area contributed by atoms with E-state index in [2.05, 4.69) is 32.1 Å². The molecule has 2 rings (SSSR count). The lowest BCUT2D eigenvalue weighted by Gasteiger charge is -1.96. The number of hydrogen-bond acceptors (Lipinski definition) is 2. The highest BCUT2D eigenvalue weighted by Gasteiger charge is 2.14. The monoisotopic (exact) mass is 223 g/mol. The lowest BCUT2D eigenvalue weighted by atomic mass is 10.2. The predicted molar refractivity (Wildman–Crippen MR) is 67.0 cm³/mol. The molecule has 0 atom stereocenters. The number of thiazole rings is 1. The van der Waals surface area contributed by atoms with Crippen LogP contribution in [0.1, 0.15) is 27.4 Å². The van der Waals surface area contributed by atoms with Gasteiger partial charge in [-0.2, -0.15) is 0 Å². The van der Waals surface area contributed by atoms with Crippen molar-refractivity contribution in [2.75, 3.05) is 0 Å². The van der Waals surface area contributed by atoms with Gasteiger partial charge in [0.25, 0.3) is 0 Å². The third-order valence-corrected chi connectivity index (χ3v) is 4.36. The second-order valence-electron chi connectivity index (χ2n) is 3.63. The third kappa shape index (κ3) is 1.09. The molecule has 0 aliphatic carbocycles. The topological polar surface area (TPSA) is 4.41 Å². The maximum atomic E-state index is 5.07. The fraction of sp³-hybridized carbons (Fsp3) is 0.364. The van der Waals surface area contributed by atoms with E-state index in [0.717, 1.165) is 0 Å². The maximum Gasteiger partial charge on any atom is 0.108 e. The molecule has 74 valence electrons. The average Bonchev–Trinajstić information content (AvgIpc) is 2.54. The Morgan fingerprint density at radius 2 is 1.79 bits per heavy atom. The van der Waals surface area contributed by atoms with E-state index in [-0.39, 0.29) is 0 Å². The minimum absolute atomic E-state index is 1.22. The van der Waals surface area contributed by atoms with Crippen molar-refractivity contribution in [1.29, 1.82) is 0 Å². The Morgan fingerprint density at radius 1 is 1.14 bits per heavy atom. The molecule has 2 aromatic heterocycles. The van der Waals surface area contributed by atoms with Crippen LogP contribution in [0.25, 0.3) is 4.83 Å². The molecule has 0 bridgehead atoms. The highest BCUT2D eigenvalue weighted by Crippen LogP contribution is 2.30. The van der Waals surface area contributed by atoms with Crippen molar-refractivity contribution in [3.05, 3.63) is 27.4 Å². The molecular weight excluding hydrogens is 210 g/mol. The minimum atomic E-state index is 1.22. The molecule has 2 heterocycles. The molecule has 0 saturated carbocycles. The zero-order chi connectivity index (χ0) is 10.5. The van der Waals surface area contributed by atoms with Crippen molar-refractivity contribution in [1.82, 2.24) is 4.40 Å². The smallest absolute Gasteiger partial charge is 0.108 e. The molecule has 0 N–H and O–H groups in total. The maximum absolute atomic E-state index is 5.07. The lowest BCUT2D eigenvalue weighted by Crippen LogP contribution is -1.88. The summed E-state index contributed by atoms with van der Waals surface area (Å²) in [5.74, 6) is 0. The van der Waals surface area contributed by atoms with Gasteiger partial charge >= 0.3 is 0 Å². The molecule has 1 nitrogen and oxygen atoms in total. The van der Waals surface area contributed by atoms with Crippen molar-refractivity contribution < 1.29 is 0 Å². The summed E-state index contributed by atoms with van der Waals surface area (Å²) >= 11 is 6.90. The van der Waals surface area contributed by atoms with Crippen molar-refractivity contribution in [3.63, 3.8) is 0 Å². The molecule has 2 aromatic rings. The normalized spacial score (nSPS) is 11.1. The van der Waals surface area contributed by atoms with Gasteiger partial charge in [0.1, 0.15) is 4.83 Å². The van der Waals surface area contributed by atoms with Crippen molar-refractivity contribution in [2.45, 2.75) is 27.7 Å². The molecule has 0 aliphatic heterocycles. The third-order valence-electron chi connectivity index (χ3n) is 2.93. The van der Waals surface area contributed by atoms with Crippen molar-refractivity contribution in [2.24, 2.45) is 0 Å². The van der Waals surface area contributed by atoms with Crippen molar-refractivity contribution >= 4 is 33.8 Å². The Morgan fingerprint density at radius 3 is 2.36 bits per heavy atom. The van der Waals surface area contributed by atoms with Crippen LogP contribution in [0.3, 0.4) is 0 Å². The summed E-state index contributed by atoms with van der Waals surface area (Å²) in [7, 11) is 0. The summed E-state index contributed by atoms with van der Waals surface area (Å²) in [4.78, 5) is 2.67. The number of rotatable bonds is 1. The number of nitrogens with zero attached hydrogens (tertiary/aromatic N) is 1. The van der Waals surface area contributed by atoms with Crippen LogP contribution in [-0.2, 0) is 0 Å².